The van der Waals surface area contributed by atoms with Crippen LogP contribution in [0.2, 0.25) is 0 Å². The van der Waals surface area contributed by atoms with Crippen LogP contribution in [0.5, 0.6) is 0 Å². The Hall–Kier alpha value is -0.820. The molecule has 0 amide bonds. The van der Waals surface area contributed by atoms with E-state index in [-0.39, 0.29) is 6.61 Å². The van der Waals surface area contributed by atoms with Crippen LogP contribution < -0.4 is 0 Å². The molecule has 1 heteroatoms. The van der Waals surface area contributed by atoms with Gasteiger partial charge in [0.2, 0.25) is 0 Å². The van der Waals surface area contributed by atoms with E-state index in [2.05, 4.69) is 45.9 Å². The average Bonchev–Trinajstić information content (AvgIpc) is 2.19. The molecule has 1 nitrogen and oxygen atoms in total. The zero-order valence-corrected chi connectivity index (χ0v) is 9.54. The SMILES string of the molecule is Cc1ccc(C)c(C(C)C(C)CO)c1. The maximum Gasteiger partial charge on any atom is 0.0462 e. The summed E-state index contributed by atoms with van der Waals surface area (Å²) in [5.74, 6) is 0.760. The average molecular weight is 192 g/mol. The van der Waals surface area contributed by atoms with E-state index < -0.39 is 0 Å². The second-order valence-electron chi connectivity index (χ2n) is 4.31. The third-order valence-corrected chi connectivity index (χ3v) is 3.07. The van der Waals surface area contributed by atoms with Gasteiger partial charge in [-0.05, 0) is 36.8 Å². The molecule has 2 unspecified atom stereocenters. The van der Waals surface area contributed by atoms with Crippen molar-refractivity contribution in [1.29, 1.82) is 0 Å². The Balaban J connectivity index is 2.99. The van der Waals surface area contributed by atoms with Crippen LogP contribution in [-0.4, -0.2) is 11.7 Å². The summed E-state index contributed by atoms with van der Waals surface area (Å²) in [6.07, 6.45) is 0. The Morgan fingerprint density at radius 3 is 2.43 bits per heavy atom. The monoisotopic (exact) mass is 192 g/mol. The van der Waals surface area contributed by atoms with Crippen LogP contribution in [0.1, 0.15) is 36.5 Å². The standard InChI is InChI=1S/C13H20O/c1-9-5-6-10(2)13(7-9)12(4)11(3)8-14/h5-7,11-12,14H,8H2,1-4H3. The van der Waals surface area contributed by atoms with Crippen molar-refractivity contribution in [2.45, 2.75) is 33.6 Å². The predicted octanol–water partition coefficient (Wildman–Crippen LogP) is 3.04. The molecule has 0 saturated heterocycles. The number of hydrogen-bond acceptors (Lipinski definition) is 1. The van der Waals surface area contributed by atoms with Gasteiger partial charge in [0.1, 0.15) is 0 Å². The lowest BCUT2D eigenvalue weighted by Gasteiger charge is -2.20. The molecule has 0 heterocycles. The van der Waals surface area contributed by atoms with Crippen molar-refractivity contribution < 1.29 is 5.11 Å². The predicted molar refractivity (Wildman–Crippen MR) is 60.6 cm³/mol. The Bertz CT molecular complexity index is 304. The Kier molecular flexibility index (Phi) is 3.70. The van der Waals surface area contributed by atoms with E-state index in [1.54, 1.807) is 0 Å². The van der Waals surface area contributed by atoms with E-state index in [9.17, 15) is 0 Å². The van der Waals surface area contributed by atoms with Crippen molar-refractivity contribution >= 4 is 0 Å². The van der Waals surface area contributed by atoms with Crippen LogP contribution in [0.4, 0.5) is 0 Å². The summed E-state index contributed by atoms with van der Waals surface area (Å²) in [4.78, 5) is 0. The fraction of sp³-hybridized carbons (Fsp3) is 0.538. The molecule has 1 aromatic rings. The van der Waals surface area contributed by atoms with Gasteiger partial charge >= 0.3 is 0 Å². The highest BCUT2D eigenvalue weighted by Crippen LogP contribution is 2.27. The number of benzene rings is 1. The number of aliphatic hydroxyl groups excluding tert-OH is 1. The van der Waals surface area contributed by atoms with E-state index in [4.69, 9.17) is 5.11 Å². The summed E-state index contributed by atoms with van der Waals surface area (Å²) >= 11 is 0. The molecule has 1 rings (SSSR count). The molecule has 1 N–H and O–H groups in total. The van der Waals surface area contributed by atoms with Crippen molar-refractivity contribution in [3.05, 3.63) is 34.9 Å². The van der Waals surface area contributed by atoms with Gasteiger partial charge in [-0.25, -0.2) is 0 Å². The zero-order valence-electron chi connectivity index (χ0n) is 9.54. The van der Waals surface area contributed by atoms with Crippen molar-refractivity contribution in [3.8, 4) is 0 Å². The van der Waals surface area contributed by atoms with E-state index >= 15 is 0 Å². The molecule has 14 heavy (non-hydrogen) atoms. The molecule has 0 radical (unpaired) electrons. The molecule has 0 fully saturated rings. The molecule has 78 valence electrons. The minimum Gasteiger partial charge on any atom is -0.396 e. The van der Waals surface area contributed by atoms with E-state index in [0.717, 1.165) is 0 Å². The zero-order chi connectivity index (χ0) is 10.7. The lowest BCUT2D eigenvalue weighted by atomic mass is 9.86. The second-order valence-corrected chi connectivity index (χ2v) is 4.31. The highest BCUT2D eigenvalue weighted by atomic mass is 16.3. The molecule has 1 aromatic carbocycles. The largest absolute Gasteiger partial charge is 0.396 e. The second kappa shape index (κ2) is 4.61. The maximum absolute atomic E-state index is 9.13. The van der Waals surface area contributed by atoms with Gasteiger partial charge in [0.25, 0.3) is 0 Å². The smallest absolute Gasteiger partial charge is 0.0462 e. The van der Waals surface area contributed by atoms with Crippen molar-refractivity contribution in [2.75, 3.05) is 6.61 Å². The Morgan fingerprint density at radius 2 is 1.86 bits per heavy atom. The van der Waals surface area contributed by atoms with Gasteiger partial charge < -0.3 is 5.11 Å². The van der Waals surface area contributed by atoms with Gasteiger partial charge in [-0.1, -0.05) is 37.6 Å². The minimum atomic E-state index is 0.258. The fourth-order valence-electron chi connectivity index (χ4n) is 1.72. The normalized spacial score (nSPS) is 15.2. The van der Waals surface area contributed by atoms with Gasteiger partial charge in [0.15, 0.2) is 0 Å². The van der Waals surface area contributed by atoms with Crippen LogP contribution in [-0.2, 0) is 0 Å². The lowest BCUT2D eigenvalue weighted by molar-refractivity contribution is 0.220. The van der Waals surface area contributed by atoms with Gasteiger partial charge in [0, 0.05) is 6.61 Å². The first-order valence-electron chi connectivity index (χ1n) is 5.24. The third-order valence-electron chi connectivity index (χ3n) is 3.07. The van der Waals surface area contributed by atoms with Crippen molar-refractivity contribution in [1.82, 2.24) is 0 Å². The van der Waals surface area contributed by atoms with Gasteiger partial charge in [-0.15, -0.1) is 0 Å². The molecule has 0 bridgehead atoms. The first kappa shape index (κ1) is 11.3. The summed E-state index contributed by atoms with van der Waals surface area (Å²) in [6, 6.07) is 6.52. The molecule has 0 aromatic heterocycles. The fourth-order valence-corrected chi connectivity index (χ4v) is 1.72. The van der Waals surface area contributed by atoms with Crippen molar-refractivity contribution in [2.24, 2.45) is 5.92 Å². The Labute approximate surface area is 86.8 Å². The summed E-state index contributed by atoms with van der Waals surface area (Å²) < 4.78 is 0. The highest BCUT2D eigenvalue weighted by Gasteiger charge is 2.15. The Morgan fingerprint density at radius 1 is 1.21 bits per heavy atom. The summed E-state index contributed by atoms with van der Waals surface area (Å²) in [6.45, 7) is 8.78. The van der Waals surface area contributed by atoms with Gasteiger partial charge in [0.05, 0.1) is 0 Å². The first-order chi connectivity index (χ1) is 6.56. The highest BCUT2D eigenvalue weighted by molar-refractivity contribution is 5.33. The van der Waals surface area contributed by atoms with Crippen LogP contribution in [0.3, 0.4) is 0 Å². The van der Waals surface area contributed by atoms with Crippen LogP contribution >= 0.6 is 0 Å². The van der Waals surface area contributed by atoms with Crippen LogP contribution in [0, 0.1) is 19.8 Å². The molecule has 0 aliphatic rings. The summed E-state index contributed by atoms with van der Waals surface area (Å²) in [5, 5.41) is 9.13. The molecule has 0 aliphatic heterocycles. The van der Waals surface area contributed by atoms with E-state index in [1.807, 2.05) is 0 Å². The van der Waals surface area contributed by atoms with E-state index in [0.29, 0.717) is 11.8 Å². The maximum atomic E-state index is 9.13. The molecular formula is C13H20O. The van der Waals surface area contributed by atoms with E-state index in [1.165, 1.54) is 16.7 Å². The molecule has 0 saturated carbocycles. The quantitative estimate of drug-likeness (QED) is 0.780. The number of aryl methyl sites for hydroxylation is 2. The molecular weight excluding hydrogens is 172 g/mol. The summed E-state index contributed by atoms with van der Waals surface area (Å²) in [7, 11) is 0. The topological polar surface area (TPSA) is 20.2 Å². The van der Waals surface area contributed by atoms with Crippen molar-refractivity contribution in [3.63, 3.8) is 0 Å². The molecule has 0 spiro atoms. The third kappa shape index (κ3) is 2.36. The summed E-state index contributed by atoms with van der Waals surface area (Å²) in [5.41, 5.74) is 3.98. The van der Waals surface area contributed by atoms with Crippen LogP contribution in [0.15, 0.2) is 18.2 Å². The molecule has 2 atom stereocenters. The number of aliphatic hydroxyl groups is 1. The first-order valence-corrected chi connectivity index (χ1v) is 5.24. The van der Waals surface area contributed by atoms with Gasteiger partial charge in [-0.2, -0.15) is 0 Å². The lowest BCUT2D eigenvalue weighted by Crippen LogP contribution is -2.11. The number of rotatable bonds is 3. The number of hydrogen-bond donors (Lipinski definition) is 1. The molecule has 0 aliphatic carbocycles. The van der Waals surface area contributed by atoms with Gasteiger partial charge in [-0.3, -0.25) is 0 Å². The van der Waals surface area contributed by atoms with Crippen LogP contribution in [0.25, 0.3) is 0 Å². The minimum absolute atomic E-state index is 0.258.